The molecule has 25 heavy (non-hydrogen) atoms. The molecule has 1 aromatic carbocycles. The minimum absolute atomic E-state index is 0.0442. The van der Waals surface area contributed by atoms with Crippen LogP contribution < -0.4 is 10.6 Å². The van der Waals surface area contributed by atoms with Crippen molar-refractivity contribution in [2.75, 3.05) is 38.3 Å². The second-order valence-electron chi connectivity index (χ2n) is 6.89. The molecule has 0 aromatic heterocycles. The van der Waals surface area contributed by atoms with Gasteiger partial charge in [-0.25, -0.2) is 4.79 Å². The molecular formula is C19H29N3O3. The number of hydrogen-bond donors (Lipinski definition) is 1. The Morgan fingerprint density at radius 3 is 2.56 bits per heavy atom. The summed E-state index contributed by atoms with van der Waals surface area (Å²) in [6, 6.07) is 10.4. The van der Waals surface area contributed by atoms with E-state index in [0.29, 0.717) is 13.2 Å². The van der Waals surface area contributed by atoms with E-state index in [4.69, 9.17) is 15.2 Å². The smallest absolute Gasteiger partial charge is 0.409 e. The van der Waals surface area contributed by atoms with Crippen LogP contribution in [0.25, 0.3) is 0 Å². The fourth-order valence-electron chi connectivity index (χ4n) is 3.80. The number of carbonyl (C=O) groups excluding carboxylic acids is 1. The molecule has 2 aliphatic rings. The molecule has 0 spiro atoms. The van der Waals surface area contributed by atoms with E-state index in [1.165, 1.54) is 12.8 Å². The molecule has 6 nitrogen and oxygen atoms in total. The van der Waals surface area contributed by atoms with Crippen molar-refractivity contribution in [1.29, 1.82) is 0 Å². The van der Waals surface area contributed by atoms with Gasteiger partial charge in [0.15, 0.2) is 0 Å². The van der Waals surface area contributed by atoms with Crippen molar-refractivity contribution in [2.24, 2.45) is 5.73 Å². The molecule has 2 N–H and O–H groups in total. The summed E-state index contributed by atoms with van der Waals surface area (Å²) in [7, 11) is 1.42. The minimum atomic E-state index is -0.303. The number of likely N-dealkylation sites (tertiary alicyclic amines) is 1. The molecule has 1 amide bonds. The monoisotopic (exact) mass is 347 g/mol. The van der Waals surface area contributed by atoms with Crippen molar-refractivity contribution in [1.82, 2.24) is 4.90 Å². The lowest BCUT2D eigenvalue weighted by Gasteiger charge is -2.40. The topological polar surface area (TPSA) is 68.0 Å². The van der Waals surface area contributed by atoms with Crippen molar-refractivity contribution in [3.63, 3.8) is 0 Å². The molecule has 0 aliphatic carbocycles. The van der Waals surface area contributed by atoms with Crippen LogP contribution in [0.5, 0.6) is 0 Å². The summed E-state index contributed by atoms with van der Waals surface area (Å²) in [5, 5.41) is 0. The number of anilines is 1. The first-order valence-electron chi connectivity index (χ1n) is 9.21. The number of rotatable bonds is 4. The molecule has 0 bridgehead atoms. The highest BCUT2D eigenvalue weighted by Gasteiger charge is 2.34. The number of amides is 1. The highest BCUT2D eigenvalue weighted by Crippen LogP contribution is 2.23. The molecular weight excluding hydrogens is 318 g/mol. The van der Waals surface area contributed by atoms with Gasteiger partial charge in [0.2, 0.25) is 0 Å². The van der Waals surface area contributed by atoms with E-state index in [2.05, 4.69) is 29.2 Å². The van der Waals surface area contributed by atoms with E-state index in [-0.39, 0.29) is 24.3 Å². The third kappa shape index (κ3) is 4.44. The van der Waals surface area contributed by atoms with E-state index in [1.807, 2.05) is 6.07 Å². The highest BCUT2D eigenvalue weighted by molar-refractivity contribution is 5.68. The van der Waals surface area contributed by atoms with Crippen molar-refractivity contribution < 1.29 is 14.3 Å². The van der Waals surface area contributed by atoms with Crippen molar-refractivity contribution in [3.05, 3.63) is 30.3 Å². The standard InChI is InChI=1S/C19H29N3O3/c1-24-19(23)22-11-5-8-17(20)18(22)14-25-16-9-12-21(13-10-16)15-6-3-2-4-7-15/h2-4,6-7,16-18H,5,8-14,20H2,1H3/t17-,18-/m0/s1. The lowest BCUT2D eigenvalue weighted by molar-refractivity contribution is -0.0163. The maximum absolute atomic E-state index is 12.0. The predicted molar refractivity (Wildman–Crippen MR) is 97.7 cm³/mol. The molecule has 0 radical (unpaired) electrons. The average molecular weight is 347 g/mol. The first-order chi connectivity index (χ1) is 12.2. The van der Waals surface area contributed by atoms with Gasteiger partial charge in [0.1, 0.15) is 0 Å². The fourth-order valence-corrected chi connectivity index (χ4v) is 3.80. The number of hydrogen-bond acceptors (Lipinski definition) is 5. The molecule has 2 heterocycles. The van der Waals surface area contributed by atoms with Gasteiger partial charge < -0.3 is 25.0 Å². The number of piperidine rings is 2. The highest BCUT2D eigenvalue weighted by atomic mass is 16.5. The molecule has 0 unspecified atom stereocenters. The van der Waals surface area contributed by atoms with Gasteiger partial charge in [0, 0.05) is 31.4 Å². The SMILES string of the molecule is COC(=O)N1CCC[C@H](N)[C@@H]1COC1CCN(c2ccccc2)CC1. The van der Waals surface area contributed by atoms with Gasteiger partial charge in [-0.2, -0.15) is 0 Å². The predicted octanol–water partition coefficient (Wildman–Crippen LogP) is 2.23. The summed E-state index contributed by atoms with van der Waals surface area (Å²) in [5.41, 5.74) is 7.51. The second-order valence-corrected chi connectivity index (χ2v) is 6.89. The Kier molecular flexibility index (Phi) is 6.15. The number of ether oxygens (including phenoxy) is 2. The molecule has 138 valence electrons. The normalized spacial score (nSPS) is 25.0. The lowest BCUT2D eigenvalue weighted by atomic mass is 9.98. The maximum Gasteiger partial charge on any atom is 0.409 e. The number of para-hydroxylation sites is 1. The van der Waals surface area contributed by atoms with Crippen LogP contribution in [0.1, 0.15) is 25.7 Å². The number of nitrogens with zero attached hydrogens (tertiary/aromatic N) is 2. The summed E-state index contributed by atoms with van der Waals surface area (Å²) >= 11 is 0. The van der Waals surface area contributed by atoms with Crippen LogP contribution in [0.4, 0.5) is 10.5 Å². The summed E-state index contributed by atoms with van der Waals surface area (Å²) in [4.78, 5) is 16.1. The van der Waals surface area contributed by atoms with Crippen molar-refractivity contribution >= 4 is 11.8 Å². The van der Waals surface area contributed by atoms with E-state index >= 15 is 0 Å². The molecule has 2 aliphatic heterocycles. The van der Waals surface area contributed by atoms with Gasteiger partial charge in [-0.05, 0) is 37.8 Å². The molecule has 2 fully saturated rings. The zero-order chi connectivity index (χ0) is 17.6. The Morgan fingerprint density at radius 1 is 1.16 bits per heavy atom. The van der Waals surface area contributed by atoms with Crippen LogP contribution in [0.2, 0.25) is 0 Å². The molecule has 2 atom stereocenters. The Labute approximate surface area is 149 Å². The molecule has 6 heteroatoms. The number of nitrogens with two attached hydrogens (primary N) is 1. The second kappa shape index (κ2) is 8.54. The average Bonchev–Trinajstić information content (AvgIpc) is 2.67. The number of methoxy groups -OCH3 is 1. The molecule has 2 saturated heterocycles. The number of carbonyl (C=O) groups is 1. The van der Waals surface area contributed by atoms with E-state index in [9.17, 15) is 4.79 Å². The summed E-state index contributed by atoms with van der Waals surface area (Å²) in [5.74, 6) is 0. The third-order valence-corrected chi connectivity index (χ3v) is 5.31. The number of benzene rings is 1. The van der Waals surface area contributed by atoms with Crippen LogP contribution >= 0.6 is 0 Å². The quantitative estimate of drug-likeness (QED) is 0.905. The summed E-state index contributed by atoms with van der Waals surface area (Å²) in [6.45, 7) is 3.17. The van der Waals surface area contributed by atoms with Crippen LogP contribution in [-0.4, -0.2) is 62.5 Å². The molecule has 0 saturated carbocycles. The largest absolute Gasteiger partial charge is 0.453 e. The van der Waals surface area contributed by atoms with Gasteiger partial charge in [0.25, 0.3) is 0 Å². The Balaban J connectivity index is 1.49. The maximum atomic E-state index is 12.0. The zero-order valence-electron chi connectivity index (χ0n) is 15.0. The lowest BCUT2D eigenvalue weighted by Crippen LogP contribution is -2.56. The molecule has 1 aromatic rings. The fraction of sp³-hybridized carbons (Fsp3) is 0.632. The third-order valence-electron chi connectivity index (χ3n) is 5.31. The summed E-state index contributed by atoms with van der Waals surface area (Å²) < 4.78 is 11.0. The van der Waals surface area contributed by atoms with Gasteiger partial charge >= 0.3 is 6.09 Å². The Hall–Kier alpha value is -1.79. The van der Waals surface area contributed by atoms with Gasteiger partial charge in [-0.3, -0.25) is 0 Å². The van der Waals surface area contributed by atoms with Gasteiger partial charge in [-0.1, -0.05) is 18.2 Å². The van der Waals surface area contributed by atoms with E-state index in [0.717, 1.165) is 38.8 Å². The Morgan fingerprint density at radius 2 is 1.88 bits per heavy atom. The van der Waals surface area contributed by atoms with E-state index < -0.39 is 0 Å². The first-order valence-corrected chi connectivity index (χ1v) is 9.21. The summed E-state index contributed by atoms with van der Waals surface area (Å²) in [6.07, 6.45) is 3.76. The van der Waals surface area contributed by atoms with Crippen molar-refractivity contribution in [2.45, 2.75) is 43.9 Å². The van der Waals surface area contributed by atoms with Crippen LogP contribution in [0.3, 0.4) is 0 Å². The van der Waals surface area contributed by atoms with Crippen LogP contribution in [0.15, 0.2) is 30.3 Å². The zero-order valence-corrected chi connectivity index (χ0v) is 15.0. The van der Waals surface area contributed by atoms with Crippen LogP contribution in [0, 0.1) is 0 Å². The minimum Gasteiger partial charge on any atom is -0.453 e. The van der Waals surface area contributed by atoms with Crippen molar-refractivity contribution in [3.8, 4) is 0 Å². The molecule has 3 rings (SSSR count). The first kappa shape index (κ1) is 18.0. The Bertz CT molecular complexity index is 546. The van der Waals surface area contributed by atoms with Gasteiger partial charge in [0.05, 0.1) is 25.9 Å². The van der Waals surface area contributed by atoms with Gasteiger partial charge in [-0.15, -0.1) is 0 Å². The van der Waals surface area contributed by atoms with E-state index in [1.54, 1.807) is 4.90 Å². The van der Waals surface area contributed by atoms with Crippen LogP contribution in [-0.2, 0) is 9.47 Å².